The summed E-state index contributed by atoms with van der Waals surface area (Å²) in [6.45, 7) is 0. The molecule has 0 aliphatic carbocycles. The van der Waals surface area contributed by atoms with Gasteiger partial charge in [-0.15, -0.1) is 0 Å². The number of aromatic nitrogens is 4. The number of hydrogen-bond donors (Lipinski definition) is 0. The Hall–Kier alpha value is -0.960. The Morgan fingerprint density at radius 2 is 1.17 bits per heavy atom. The molecule has 4 aromatic rings. The van der Waals surface area contributed by atoms with Crippen molar-refractivity contribution in [1.29, 1.82) is 0 Å². The first-order chi connectivity index (χ1) is 11.5. The Labute approximate surface area is 163 Å². The number of nitrogens with zero attached hydrogens (tertiary/aromatic N) is 4. The van der Waals surface area contributed by atoms with Gasteiger partial charge in [-0.3, -0.25) is 0 Å². The first-order valence-electron chi connectivity index (χ1n) is 7.11. The van der Waals surface area contributed by atoms with Crippen LogP contribution in [0.25, 0.3) is 22.1 Å². The van der Waals surface area contributed by atoms with Crippen LogP contribution in [0.4, 0.5) is 0 Å². The van der Waals surface area contributed by atoms with Crippen LogP contribution in [-0.4, -0.2) is 19.1 Å². The summed E-state index contributed by atoms with van der Waals surface area (Å²) in [4.78, 5) is 9.43. The largest absolute Gasteiger partial charge is 0.321 e. The van der Waals surface area contributed by atoms with Gasteiger partial charge in [0.05, 0.1) is 22.1 Å². The van der Waals surface area contributed by atoms with E-state index < -0.39 is 0 Å². The molecule has 2 aromatic carbocycles. The maximum atomic E-state index is 4.72. The highest BCUT2D eigenvalue weighted by atomic mass is 79.9. The Kier molecular flexibility index (Phi) is 4.40. The third kappa shape index (κ3) is 2.89. The Balaban J connectivity index is 1.65. The van der Waals surface area contributed by atoms with E-state index in [1.54, 1.807) is 21.6 Å². The summed E-state index contributed by atoms with van der Waals surface area (Å²) >= 11 is 7.00. The number of rotatable bonds is 3. The van der Waals surface area contributed by atoms with E-state index >= 15 is 0 Å². The van der Waals surface area contributed by atoms with Crippen LogP contribution in [0, 0.1) is 0 Å². The molecule has 0 spiro atoms. The van der Waals surface area contributed by atoms with Crippen molar-refractivity contribution >= 4 is 75.5 Å². The maximum Gasteiger partial charge on any atom is 0.180 e. The zero-order valence-electron chi connectivity index (χ0n) is 12.8. The van der Waals surface area contributed by atoms with Gasteiger partial charge in [-0.05, 0) is 58.0 Å². The van der Waals surface area contributed by atoms with E-state index in [9.17, 15) is 0 Å². The van der Waals surface area contributed by atoms with Gasteiger partial charge in [0, 0.05) is 23.0 Å². The first-order valence-corrected chi connectivity index (χ1v) is 10.8. The molecule has 0 atom stereocenters. The van der Waals surface area contributed by atoms with E-state index in [0.717, 1.165) is 41.3 Å². The zero-order chi connectivity index (χ0) is 16.8. The SMILES string of the molecule is Cn1c(SSc2nc3cc(Br)ccc3n2C)nc2cc(Br)ccc21. The predicted molar refractivity (Wildman–Crippen MR) is 109 cm³/mol. The minimum Gasteiger partial charge on any atom is -0.321 e. The zero-order valence-corrected chi connectivity index (χ0v) is 17.6. The molecule has 4 rings (SSSR count). The van der Waals surface area contributed by atoms with Crippen LogP contribution < -0.4 is 0 Å². The molecule has 0 aliphatic heterocycles. The van der Waals surface area contributed by atoms with E-state index in [1.165, 1.54) is 0 Å². The Morgan fingerprint density at radius 1 is 0.750 bits per heavy atom. The fourth-order valence-electron chi connectivity index (χ4n) is 2.53. The highest BCUT2D eigenvalue weighted by Gasteiger charge is 2.13. The monoisotopic (exact) mass is 482 g/mol. The summed E-state index contributed by atoms with van der Waals surface area (Å²) in [5.41, 5.74) is 4.22. The molecule has 0 radical (unpaired) electrons. The van der Waals surface area contributed by atoms with E-state index in [1.807, 2.05) is 38.4 Å². The number of benzene rings is 2. The highest BCUT2D eigenvalue weighted by molar-refractivity contribution is 9.10. The van der Waals surface area contributed by atoms with Gasteiger partial charge in [-0.25, -0.2) is 9.97 Å². The summed E-state index contributed by atoms with van der Waals surface area (Å²) in [7, 11) is 7.33. The fraction of sp³-hybridized carbons (Fsp3) is 0.125. The number of imidazole rings is 2. The minimum atomic E-state index is 0.960. The van der Waals surface area contributed by atoms with Crippen molar-refractivity contribution in [3.8, 4) is 0 Å². The summed E-state index contributed by atoms with van der Waals surface area (Å²) in [6, 6.07) is 12.3. The molecule has 0 unspecified atom stereocenters. The predicted octanol–water partition coefficient (Wildman–Crippen LogP) is 5.78. The van der Waals surface area contributed by atoms with Crippen molar-refractivity contribution < 1.29 is 0 Å². The molecule has 0 saturated carbocycles. The molecule has 0 amide bonds. The minimum absolute atomic E-state index is 0.960. The topological polar surface area (TPSA) is 35.6 Å². The average Bonchev–Trinajstić information content (AvgIpc) is 3.02. The molecule has 0 fully saturated rings. The van der Waals surface area contributed by atoms with Gasteiger partial charge in [0.15, 0.2) is 10.3 Å². The molecule has 24 heavy (non-hydrogen) atoms. The van der Waals surface area contributed by atoms with E-state index in [0.29, 0.717) is 0 Å². The second-order valence-electron chi connectivity index (χ2n) is 5.34. The number of halogens is 2. The second-order valence-corrected chi connectivity index (χ2v) is 9.23. The lowest BCUT2D eigenvalue weighted by Gasteiger charge is -2.02. The molecule has 0 aliphatic rings. The summed E-state index contributed by atoms with van der Waals surface area (Å²) < 4.78 is 6.30. The summed E-state index contributed by atoms with van der Waals surface area (Å²) in [5.74, 6) is 0. The van der Waals surface area contributed by atoms with Gasteiger partial charge >= 0.3 is 0 Å². The summed E-state index contributed by atoms with van der Waals surface area (Å²) in [5, 5.41) is 1.92. The first kappa shape index (κ1) is 16.5. The lowest BCUT2D eigenvalue weighted by atomic mass is 10.3. The Morgan fingerprint density at radius 3 is 1.58 bits per heavy atom. The second kappa shape index (κ2) is 6.40. The van der Waals surface area contributed by atoms with Crippen LogP contribution in [0.2, 0.25) is 0 Å². The van der Waals surface area contributed by atoms with Crippen LogP contribution >= 0.6 is 53.4 Å². The standard InChI is InChI=1S/C16H12Br2N4S2/c1-21-13-5-3-9(17)7-11(13)19-15(21)23-24-16-20-12-8-10(18)4-6-14(12)22(16)2/h3-8H,1-2H3. The highest BCUT2D eigenvalue weighted by Crippen LogP contribution is 2.38. The molecule has 122 valence electrons. The molecule has 2 aromatic heterocycles. The van der Waals surface area contributed by atoms with Crippen molar-refractivity contribution in [3.63, 3.8) is 0 Å². The molecule has 4 nitrogen and oxygen atoms in total. The van der Waals surface area contributed by atoms with Gasteiger partial charge < -0.3 is 9.13 Å². The molecule has 8 heteroatoms. The lowest BCUT2D eigenvalue weighted by molar-refractivity contribution is 0.814. The van der Waals surface area contributed by atoms with Crippen LogP contribution in [0.3, 0.4) is 0 Å². The van der Waals surface area contributed by atoms with Crippen molar-refractivity contribution in [2.75, 3.05) is 0 Å². The van der Waals surface area contributed by atoms with E-state index in [-0.39, 0.29) is 0 Å². The van der Waals surface area contributed by atoms with Crippen molar-refractivity contribution in [2.45, 2.75) is 10.3 Å². The molecule has 0 N–H and O–H groups in total. The van der Waals surface area contributed by atoms with Crippen molar-refractivity contribution in [1.82, 2.24) is 19.1 Å². The number of hydrogen-bond acceptors (Lipinski definition) is 4. The fourth-order valence-corrected chi connectivity index (χ4v) is 5.41. The van der Waals surface area contributed by atoms with Crippen LogP contribution in [-0.2, 0) is 14.1 Å². The van der Waals surface area contributed by atoms with Gasteiger partial charge in [0.25, 0.3) is 0 Å². The van der Waals surface area contributed by atoms with Crippen LogP contribution in [0.15, 0.2) is 55.7 Å². The lowest BCUT2D eigenvalue weighted by Crippen LogP contribution is -1.91. The maximum absolute atomic E-state index is 4.72. The average molecular weight is 484 g/mol. The van der Waals surface area contributed by atoms with Gasteiger partial charge in [-0.1, -0.05) is 31.9 Å². The number of aryl methyl sites for hydroxylation is 2. The Bertz CT molecular complexity index is 985. The molecular formula is C16H12Br2N4S2. The molecular weight excluding hydrogens is 472 g/mol. The van der Waals surface area contributed by atoms with Crippen LogP contribution in [0.5, 0.6) is 0 Å². The van der Waals surface area contributed by atoms with E-state index in [2.05, 4.69) is 53.1 Å². The van der Waals surface area contributed by atoms with Gasteiger partial charge in [0.2, 0.25) is 0 Å². The normalized spacial score (nSPS) is 11.7. The van der Waals surface area contributed by atoms with Crippen molar-refractivity contribution in [2.24, 2.45) is 14.1 Å². The molecule has 0 saturated heterocycles. The smallest absolute Gasteiger partial charge is 0.180 e. The quantitative estimate of drug-likeness (QED) is 0.346. The molecule has 2 heterocycles. The summed E-state index contributed by atoms with van der Waals surface area (Å²) in [6.07, 6.45) is 0. The van der Waals surface area contributed by atoms with Gasteiger partial charge in [-0.2, -0.15) is 0 Å². The van der Waals surface area contributed by atoms with Gasteiger partial charge in [0.1, 0.15) is 0 Å². The third-order valence-electron chi connectivity index (χ3n) is 3.79. The molecule has 0 bridgehead atoms. The van der Waals surface area contributed by atoms with Crippen molar-refractivity contribution in [3.05, 3.63) is 45.3 Å². The van der Waals surface area contributed by atoms with E-state index in [4.69, 9.17) is 9.97 Å². The van der Waals surface area contributed by atoms with Crippen LogP contribution in [0.1, 0.15) is 0 Å². The number of fused-ring (bicyclic) bond motifs is 2. The third-order valence-corrected chi connectivity index (χ3v) is 7.04.